The molecule has 0 saturated carbocycles. The Morgan fingerprint density at radius 3 is 2.24 bits per heavy atom. The SMILES string of the molecule is O=C(/C=C1/SC(=O)NC1=O)Oc1ccc(/C=C2\SC(=S)NC2=O)cc1. The lowest BCUT2D eigenvalue weighted by Gasteiger charge is -2.02. The summed E-state index contributed by atoms with van der Waals surface area (Å²) in [6.07, 6.45) is 2.62. The topological polar surface area (TPSA) is 102 Å². The van der Waals surface area contributed by atoms with Gasteiger partial charge in [0.2, 0.25) is 0 Å². The lowest BCUT2D eigenvalue weighted by molar-refractivity contribution is -0.129. The van der Waals surface area contributed by atoms with Crippen molar-refractivity contribution in [2.75, 3.05) is 0 Å². The van der Waals surface area contributed by atoms with Gasteiger partial charge in [0.15, 0.2) is 0 Å². The maximum atomic E-state index is 11.8. The summed E-state index contributed by atoms with van der Waals surface area (Å²) >= 11 is 6.72. The van der Waals surface area contributed by atoms with E-state index in [-0.39, 0.29) is 16.6 Å². The van der Waals surface area contributed by atoms with Crippen LogP contribution < -0.4 is 15.4 Å². The molecule has 2 N–H and O–H groups in total. The lowest BCUT2D eigenvalue weighted by atomic mass is 10.2. The number of benzene rings is 1. The van der Waals surface area contributed by atoms with Gasteiger partial charge in [0, 0.05) is 6.08 Å². The number of thiocarbonyl (C=S) groups is 1. The fourth-order valence-electron chi connectivity index (χ4n) is 1.88. The van der Waals surface area contributed by atoms with E-state index in [9.17, 15) is 19.2 Å². The highest BCUT2D eigenvalue weighted by molar-refractivity contribution is 8.26. The molecular formula is C15H8N2O5S3. The largest absolute Gasteiger partial charge is 0.423 e. The summed E-state index contributed by atoms with van der Waals surface area (Å²) in [7, 11) is 0. The Kier molecular flexibility index (Phi) is 5.02. The van der Waals surface area contributed by atoms with Gasteiger partial charge in [-0.25, -0.2) is 4.79 Å². The van der Waals surface area contributed by atoms with Crippen molar-refractivity contribution in [3.05, 3.63) is 45.7 Å². The first-order valence-electron chi connectivity index (χ1n) is 6.72. The summed E-state index contributed by atoms with van der Waals surface area (Å²) in [5, 5.41) is 4.03. The Bertz CT molecular complexity index is 874. The molecule has 0 atom stereocenters. The molecule has 0 bridgehead atoms. The molecule has 3 rings (SSSR count). The summed E-state index contributed by atoms with van der Waals surface area (Å²) in [5.41, 5.74) is 0.733. The molecule has 126 valence electrons. The van der Waals surface area contributed by atoms with Crippen LogP contribution in [0.1, 0.15) is 5.56 Å². The van der Waals surface area contributed by atoms with Gasteiger partial charge in [0.1, 0.15) is 10.1 Å². The van der Waals surface area contributed by atoms with Crippen molar-refractivity contribution in [1.82, 2.24) is 10.6 Å². The van der Waals surface area contributed by atoms with Crippen LogP contribution in [0.2, 0.25) is 0 Å². The number of carbonyl (C=O) groups excluding carboxylic acids is 4. The van der Waals surface area contributed by atoms with Crippen LogP contribution >= 0.6 is 35.7 Å². The molecule has 25 heavy (non-hydrogen) atoms. The molecule has 2 saturated heterocycles. The van der Waals surface area contributed by atoms with Crippen molar-refractivity contribution in [3.63, 3.8) is 0 Å². The molecule has 0 aliphatic carbocycles. The highest BCUT2D eigenvalue weighted by Gasteiger charge is 2.26. The van der Waals surface area contributed by atoms with Crippen LogP contribution in [0.4, 0.5) is 4.79 Å². The average molecular weight is 392 g/mol. The first-order chi connectivity index (χ1) is 11.9. The Morgan fingerprint density at radius 1 is 1.00 bits per heavy atom. The number of hydrogen-bond donors (Lipinski definition) is 2. The second-order valence-corrected chi connectivity index (χ2v) is 7.43. The number of hydrogen-bond acceptors (Lipinski definition) is 8. The van der Waals surface area contributed by atoms with Crippen LogP contribution in [0.5, 0.6) is 5.75 Å². The first kappa shape index (κ1) is 17.4. The smallest absolute Gasteiger partial charge is 0.337 e. The van der Waals surface area contributed by atoms with Crippen LogP contribution in [-0.4, -0.2) is 27.3 Å². The maximum Gasteiger partial charge on any atom is 0.337 e. The van der Waals surface area contributed by atoms with Gasteiger partial charge in [-0.3, -0.25) is 19.7 Å². The Labute approximate surface area is 155 Å². The minimum Gasteiger partial charge on any atom is -0.423 e. The number of esters is 1. The van der Waals surface area contributed by atoms with Crippen molar-refractivity contribution in [2.45, 2.75) is 0 Å². The summed E-state index contributed by atoms with van der Waals surface area (Å²) in [6, 6.07) is 6.42. The number of nitrogens with one attached hydrogen (secondary N) is 2. The molecule has 2 fully saturated rings. The van der Waals surface area contributed by atoms with Crippen molar-refractivity contribution in [1.29, 1.82) is 0 Å². The highest BCUT2D eigenvalue weighted by Crippen LogP contribution is 2.26. The summed E-state index contributed by atoms with van der Waals surface area (Å²) < 4.78 is 5.48. The fourth-order valence-corrected chi connectivity index (χ4v) is 3.56. The lowest BCUT2D eigenvalue weighted by Crippen LogP contribution is -2.18. The van der Waals surface area contributed by atoms with Gasteiger partial charge < -0.3 is 10.1 Å². The zero-order valence-corrected chi connectivity index (χ0v) is 14.7. The third-order valence-electron chi connectivity index (χ3n) is 2.93. The highest BCUT2D eigenvalue weighted by atomic mass is 32.2. The van der Waals surface area contributed by atoms with Crippen LogP contribution in [0.3, 0.4) is 0 Å². The Morgan fingerprint density at radius 2 is 1.68 bits per heavy atom. The van der Waals surface area contributed by atoms with E-state index >= 15 is 0 Å². The molecule has 2 aliphatic heterocycles. The minimum absolute atomic E-state index is 0.0170. The number of rotatable bonds is 3. The quantitative estimate of drug-likeness (QED) is 0.348. The van der Waals surface area contributed by atoms with Crippen molar-refractivity contribution in [3.8, 4) is 5.75 Å². The van der Waals surface area contributed by atoms with E-state index in [1.54, 1.807) is 30.3 Å². The van der Waals surface area contributed by atoms with Gasteiger partial charge >= 0.3 is 5.97 Å². The van der Waals surface area contributed by atoms with E-state index in [4.69, 9.17) is 17.0 Å². The number of amides is 3. The predicted octanol–water partition coefficient (Wildman–Crippen LogP) is 1.95. The van der Waals surface area contributed by atoms with Crippen LogP contribution in [0, 0.1) is 0 Å². The van der Waals surface area contributed by atoms with Gasteiger partial charge in [-0.15, -0.1) is 0 Å². The minimum atomic E-state index is -0.769. The Hall–Kier alpha value is -2.43. The molecule has 1 aromatic carbocycles. The molecule has 0 unspecified atom stereocenters. The predicted molar refractivity (Wildman–Crippen MR) is 97.6 cm³/mol. The molecule has 0 spiro atoms. The summed E-state index contributed by atoms with van der Waals surface area (Å²) in [4.78, 5) is 46.2. The second kappa shape index (κ2) is 7.21. The zero-order chi connectivity index (χ0) is 18.0. The van der Waals surface area contributed by atoms with Gasteiger partial charge in [0.25, 0.3) is 17.1 Å². The molecule has 2 heterocycles. The molecule has 3 amide bonds. The van der Waals surface area contributed by atoms with Crippen molar-refractivity contribution >= 4 is 69.2 Å². The van der Waals surface area contributed by atoms with Crippen LogP contribution in [0.15, 0.2) is 40.2 Å². The molecule has 10 heteroatoms. The van der Waals surface area contributed by atoms with E-state index in [0.717, 1.165) is 11.6 Å². The molecule has 0 aromatic heterocycles. The summed E-state index contributed by atoms with van der Waals surface area (Å²) in [5.74, 6) is -1.38. The molecular weight excluding hydrogens is 384 g/mol. The number of imide groups is 1. The van der Waals surface area contributed by atoms with Gasteiger partial charge in [-0.1, -0.05) is 36.1 Å². The zero-order valence-electron chi connectivity index (χ0n) is 12.2. The van der Waals surface area contributed by atoms with E-state index in [1.165, 1.54) is 11.8 Å². The normalized spacial score (nSPS) is 20.2. The fraction of sp³-hybridized carbons (Fsp3) is 0. The molecule has 0 radical (unpaired) electrons. The van der Waals surface area contributed by atoms with Gasteiger partial charge in [-0.05, 0) is 35.5 Å². The van der Waals surface area contributed by atoms with Gasteiger partial charge in [0.05, 0.1) is 9.81 Å². The monoisotopic (exact) mass is 392 g/mol. The van der Waals surface area contributed by atoms with Crippen molar-refractivity contribution < 1.29 is 23.9 Å². The van der Waals surface area contributed by atoms with Crippen LogP contribution in [-0.2, 0) is 14.4 Å². The molecule has 7 nitrogen and oxygen atoms in total. The van der Waals surface area contributed by atoms with E-state index in [1.807, 2.05) is 5.32 Å². The number of ether oxygens (including phenoxy) is 1. The molecule has 2 aliphatic rings. The summed E-state index contributed by atoms with van der Waals surface area (Å²) in [6.45, 7) is 0. The average Bonchev–Trinajstić information content (AvgIpc) is 3.02. The standard InChI is InChI=1S/C15H8N2O5S3/c18-11(6-10-12(19)16-14(21)24-10)22-8-3-1-7(2-4-8)5-9-13(20)17-15(23)25-9/h1-6H,(H,16,19,21)(H,17,20,23)/b9-5-,10-6+. The Balaban J connectivity index is 1.66. The molecule has 1 aromatic rings. The van der Waals surface area contributed by atoms with E-state index < -0.39 is 17.1 Å². The number of carbonyl (C=O) groups is 4. The number of thioether (sulfide) groups is 2. The maximum absolute atomic E-state index is 11.8. The third-order valence-corrected chi connectivity index (χ3v) is 4.90. The second-order valence-electron chi connectivity index (χ2n) is 4.69. The van der Waals surface area contributed by atoms with E-state index in [0.29, 0.717) is 21.0 Å². The van der Waals surface area contributed by atoms with Crippen molar-refractivity contribution in [2.24, 2.45) is 0 Å². The first-order valence-corrected chi connectivity index (χ1v) is 8.76. The third kappa shape index (κ3) is 4.35. The van der Waals surface area contributed by atoms with Gasteiger partial charge in [-0.2, -0.15) is 0 Å². The van der Waals surface area contributed by atoms with Crippen LogP contribution in [0.25, 0.3) is 6.08 Å². The van der Waals surface area contributed by atoms with E-state index in [2.05, 4.69) is 5.32 Å².